The fraction of sp³-hybridized carbons (Fsp3) is 0.100. The Kier molecular flexibility index (Phi) is 2.36. The van der Waals surface area contributed by atoms with Crippen LogP contribution in [0.15, 0.2) is 35.2 Å². The summed E-state index contributed by atoms with van der Waals surface area (Å²) in [6.07, 6.45) is 1.85. The van der Waals surface area contributed by atoms with Crippen molar-refractivity contribution in [3.8, 4) is 0 Å². The van der Waals surface area contributed by atoms with E-state index < -0.39 is 0 Å². The molecule has 13 heavy (non-hydrogen) atoms. The zero-order valence-corrected chi connectivity index (χ0v) is 7.71. The van der Waals surface area contributed by atoms with Crippen molar-refractivity contribution in [2.24, 2.45) is 0 Å². The maximum absolute atomic E-state index is 11.1. The lowest BCUT2D eigenvalue weighted by Crippen LogP contribution is -1.93. The maximum atomic E-state index is 11.1. The topological polar surface area (TPSA) is 26.3 Å². The van der Waals surface area contributed by atoms with Crippen LogP contribution in [-0.4, -0.2) is 11.9 Å². The number of hydrogen-bond acceptors (Lipinski definition) is 3. The summed E-state index contributed by atoms with van der Waals surface area (Å²) in [6, 6.07) is 9.75. The standard InChI is InChI=1S/C10H8O2S/c11-10-9(13-7-12-10)6-8-4-2-1-3-5-8/h1-6H,7H2/b9-6-. The van der Waals surface area contributed by atoms with Crippen molar-refractivity contribution < 1.29 is 9.53 Å². The van der Waals surface area contributed by atoms with Crippen LogP contribution in [0, 0.1) is 0 Å². The Balaban J connectivity index is 2.25. The minimum atomic E-state index is -0.214. The Labute approximate surface area is 80.6 Å². The van der Waals surface area contributed by atoms with Crippen LogP contribution >= 0.6 is 11.8 Å². The number of benzene rings is 1. The van der Waals surface area contributed by atoms with Crippen molar-refractivity contribution in [2.45, 2.75) is 0 Å². The van der Waals surface area contributed by atoms with Crippen LogP contribution in [0.25, 0.3) is 6.08 Å². The van der Waals surface area contributed by atoms with E-state index in [0.717, 1.165) is 5.56 Å². The highest BCUT2D eigenvalue weighted by molar-refractivity contribution is 8.04. The van der Waals surface area contributed by atoms with E-state index in [1.165, 1.54) is 11.8 Å². The lowest BCUT2D eigenvalue weighted by molar-refractivity contribution is -0.134. The first kappa shape index (κ1) is 8.38. The number of cyclic esters (lactones) is 1. The highest BCUT2D eigenvalue weighted by atomic mass is 32.2. The molecule has 0 aliphatic carbocycles. The van der Waals surface area contributed by atoms with Crippen LogP contribution in [0.4, 0.5) is 0 Å². The lowest BCUT2D eigenvalue weighted by atomic mass is 10.2. The number of carbonyl (C=O) groups is 1. The molecule has 0 bridgehead atoms. The summed E-state index contributed by atoms with van der Waals surface area (Å²) in [5.41, 5.74) is 1.03. The molecule has 66 valence electrons. The third-order valence-corrected chi connectivity index (χ3v) is 2.53. The van der Waals surface area contributed by atoms with Gasteiger partial charge in [-0.05, 0) is 11.6 Å². The average molecular weight is 192 g/mol. The van der Waals surface area contributed by atoms with Crippen molar-refractivity contribution in [3.63, 3.8) is 0 Å². The van der Waals surface area contributed by atoms with Crippen molar-refractivity contribution >= 4 is 23.8 Å². The summed E-state index contributed by atoms with van der Waals surface area (Å²) < 4.78 is 4.79. The lowest BCUT2D eigenvalue weighted by Gasteiger charge is -1.92. The van der Waals surface area contributed by atoms with E-state index in [9.17, 15) is 4.79 Å². The van der Waals surface area contributed by atoms with Gasteiger partial charge in [-0.2, -0.15) is 0 Å². The molecule has 0 spiro atoms. The van der Waals surface area contributed by atoms with Crippen molar-refractivity contribution in [3.05, 3.63) is 40.8 Å². The number of ether oxygens (including phenoxy) is 1. The van der Waals surface area contributed by atoms with Crippen molar-refractivity contribution in [2.75, 3.05) is 5.94 Å². The summed E-state index contributed by atoms with van der Waals surface area (Å²) in [5, 5.41) is 0. The van der Waals surface area contributed by atoms with Gasteiger partial charge in [0.05, 0.1) is 4.91 Å². The number of carbonyl (C=O) groups excluding carboxylic acids is 1. The second-order valence-corrected chi connectivity index (χ2v) is 3.58. The molecule has 1 saturated heterocycles. The van der Waals surface area contributed by atoms with Gasteiger partial charge in [-0.25, -0.2) is 4.79 Å². The molecule has 0 saturated carbocycles. The van der Waals surface area contributed by atoms with E-state index in [2.05, 4.69) is 0 Å². The molecule has 2 rings (SSSR count). The van der Waals surface area contributed by atoms with Gasteiger partial charge in [-0.15, -0.1) is 0 Å². The Morgan fingerprint density at radius 3 is 2.69 bits per heavy atom. The van der Waals surface area contributed by atoms with Gasteiger partial charge >= 0.3 is 5.97 Å². The van der Waals surface area contributed by atoms with Gasteiger partial charge in [0.1, 0.15) is 5.94 Å². The minimum absolute atomic E-state index is 0.214. The van der Waals surface area contributed by atoms with Gasteiger partial charge in [0.15, 0.2) is 0 Å². The fourth-order valence-corrected chi connectivity index (χ4v) is 1.77. The molecular weight excluding hydrogens is 184 g/mol. The summed E-state index contributed by atoms with van der Waals surface area (Å²) in [7, 11) is 0. The van der Waals surface area contributed by atoms with Gasteiger partial charge in [-0.3, -0.25) is 0 Å². The first-order chi connectivity index (χ1) is 6.36. The molecular formula is C10H8O2S. The summed E-state index contributed by atoms with van der Waals surface area (Å²) in [5.74, 6) is 0.228. The molecule has 0 radical (unpaired) electrons. The molecule has 2 nitrogen and oxygen atoms in total. The summed E-state index contributed by atoms with van der Waals surface area (Å²) in [4.78, 5) is 11.8. The highest BCUT2D eigenvalue weighted by Crippen LogP contribution is 2.26. The van der Waals surface area contributed by atoms with Crippen LogP contribution in [0.5, 0.6) is 0 Å². The molecule has 1 aliphatic rings. The van der Waals surface area contributed by atoms with Gasteiger partial charge < -0.3 is 4.74 Å². The van der Waals surface area contributed by atoms with Crippen LogP contribution in [0.2, 0.25) is 0 Å². The molecule has 1 aromatic carbocycles. The first-order valence-electron chi connectivity index (χ1n) is 3.93. The van der Waals surface area contributed by atoms with Gasteiger partial charge in [0.2, 0.25) is 0 Å². The zero-order chi connectivity index (χ0) is 9.10. The normalized spacial score (nSPS) is 19.1. The predicted molar refractivity (Wildman–Crippen MR) is 53.0 cm³/mol. The largest absolute Gasteiger partial charge is 0.450 e. The van der Waals surface area contributed by atoms with Crippen LogP contribution in [0.3, 0.4) is 0 Å². The monoisotopic (exact) mass is 192 g/mol. The Bertz CT molecular complexity index is 343. The van der Waals surface area contributed by atoms with E-state index in [4.69, 9.17) is 4.74 Å². The molecule has 0 aromatic heterocycles. The van der Waals surface area contributed by atoms with Crippen LogP contribution in [-0.2, 0) is 9.53 Å². The molecule has 0 amide bonds. The third-order valence-electron chi connectivity index (χ3n) is 1.70. The van der Waals surface area contributed by atoms with Gasteiger partial charge in [0.25, 0.3) is 0 Å². The molecule has 0 N–H and O–H groups in total. The average Bonchev–Trinajstić information content (AvgIpc) is 2.54. The van der Waals surface area contributed by atoms with Crippen molar-refractivity contribution in [1.82, 2.24) is 0 Å². The first-order valence-corrected chi connectivity index (χ1v) is 4.91. The smallest absolute Gasteiger partial charge is 0.345 e. The molecule has 1 heterocycles. The number of thioether (sulfide) groups is 1. The van der Waals surface area contributed by atoms with Gasteiger partial charge in [0, 0.05) is 0 Å². The Morgan fingerprint density at radius 1 is 1.31 bits per heavy atom. The van der Waals surface area contributed by atoms with Crippen LogP contribution in [0.1, 0.15) is 5.56 Å². The van der Waals surface area contributed by atoms with Crippen LogP contribution < -0.4 is 0 Å². The van der Waals surface area contributed by atoms with Crippen molar-refractivity contribution in [1.29, 1.82) is 0 Å². The molecule has 0 atom stereocenters. The van der Waals surface area contributed by atoms with E-state index in [1.807, 2.05) is 36.4 Å². The highest BCUT2D eigenvalue weighted by Gasteiger charge is 2.18. The number of rotatable bonds is 1. The molecule has 1 aromatic rings. The van der Waals surface area contributed by atoms with Gasteiger partial charge in [-0.1, -0.05) is 42.1 Å². The second kappa shape index (κ2) is 3.66. The fourth-order valence-electron chi connectivity index (χ4n) is 1.08. The number of esters is 1. The molecule has 0 unspecified atom stereocenters. The second-order valence-electron chi connectivity index (χ2n) is 2.61. The van der Waals surface area contributed by atoms with E-state index in [0.29, 0.717) is 10.8 Å². The summed E-state index contributed by atoms with van der Waals surface area (Å²) in [6.45, 7) is 0. The summed E-state index contributed by atoms with van der Waals surface area (Å²) >= 11 is 1.43. The maximum Gasteiger partial charge on any atom is 0.345 e. The van der Waals surface area contributed by atoms with E-state index in [-0.39, 0.29) is 5.97 Å². The van der Waals surface area contributed by atoms with E-state index >= 15 is 0 Å². The molecule has 3 heteroatoms. The molecule has 1 fully saturated rings. The quantitative estimate of drug-likeness (QED) is 0.504. The zero-order valence-electron chi connectivity index (χ0n) is 6.90. The molecule has 1 aliphatic heterocycles. The van der Waals surface area contributed by atoms with E-state index in [1.54, 1.807) is 0 Å². The number of hydrogen-bond donors (Lipinski definition) is 0. The predicted octanol–water partition coefficient (Wildman–Crippen LogP) is 2.28. The minimum Gasteiger partial charge on any atom is -0.450 e. The Morgan fingerprint density at radius 2 is 2.08 bits per heavy atom. The SMILES string of the molecule is O=C1OCS/C1=C\c1ccccc1. The Hall–Kier alpha value is -1.22. The third kappa shape index (κ3) is 1.92.